The van der Waals surface area contributed by atoms with Crippen LogP contribution in [0.4, 0.5) is 13.2 Å². The van der Waals surface area contributed by atoms with Crippen molar-refractivity contribution in [3.8, 4) is 0 Å². The molecular weight excluding hydrogens is 323 g/mol. The summed E-state index contributed by atoms with van der Waals surface area (Å²) in [4.78, 5) is 11.4. The molecule has 0 aliphatic rings. The van der Waals surface area contributed by atoms with Crippen molar-refractivity contribution in [1.82, 2.24) is 0 Å². The number of hydrogen-bond donors (Lipinski definition) is 0. The Labute approximate surface area is 114 Å². The van der Waals surface area contributed by atoms with Crippen molar-refractivity contribution >= 4 is 52.2 Å². The van der Waals surface area contributed by atoms with E-state index in [0.29, 0.717) is 6.07 Å². The molecule has 0 radical (unpaired) electrons. The van der Waals surface area contributed by atoms with E-state index in [0.717, 1.165) is 12.1 Å². The maximum atomic E-state index is 12.4. The van der Waals surface area contributed by atoms with Gasteiger partial charge in [-0.15, -0.1) is 0 Å². The summed E-state index contributed by atoms with van der Waals surface area (Å²) in [7, 11) is 0. The van der Waals surface area contributed by atoms with Crippen LogP contribution in [0.25, 0.3) is 0 Å². The number of hydrogen-bond acceptors (Lipinski definition) is 1. The maximum Gasteiger partial charge on any atom is 0.417 e. The quantitative estimate of drug-likeness (QED) is 0.529. The zero-order valence-corrected chi connectivity index (χ0v) is 10.8. The van der Waals surface area contributed by atoms with Crippen LogP contribution in [0.1, 0.15) is 15.9 Å². The topological polar surface area (TPSA) is 17.1 Å². The highest BCUT2D eigenvalue weighted by Crippen LogP contribution is 2.37. The first-order valence-electron chi connectivity index (χ1n) is 4.02. The Hall–Kier alpha value is -0.160. The Morgan fingerprint density at radius 1 is 1.12 bits per heavy atom. The number of benzene rings is 1. The van der Waals surface area contributed by atoms with Gasteiger partial charge >= 0.3 is 6.18 Å². The fraction of sp³-hybridized carbons (Fsp3) is 0.222. The summed E-state index contributed by atoms with van der Waals surface area (Å²) in [5.74, 6) is -0.946. The van der Waals surface area contributed by atoms with Gasteiger partial charge in [-0.2, -0.15) is 13.2 Å². The van der Waals surface area contributed by atoms with Crippen molar-refractivity contribution < 1.29 is 18.0 Å². The lowest BCUT2D eigenvalue weighted by molar-refractivity contribution is -0.137. The van der Waals surface area contributed by atoms with Crippen LogP contribution >= 0.6 is 46.4 Å². The highest BCUT2D eigenvalue weighted by Gasteiger charge is 2.35. The average Bonchev–Trinajstić information content (AvgIpc) is 2.12. The molecule has 0 aliphatic heterocycles. The van der Waals surface area contributed by atoms with E-state index in [1.807, 2.05) is 0 Å². The third kappa shape index (κ3) is 3.65. The molecule has 0 bridgehead atoms. The molecule has 1 rings (SSSR count). The van der Waals surface area contributed by atoms with Gasteiger partial charge in [-0.1, -0.05) is 52.5 Å². The van der Waals surface area contributed by atoms with Gasteiger partial charge < -0.3 is 0 Å². The molecule has 0 aliphatic carbocycles. The second-order valence-electron chi connectivity index (χ2n) is 3.02. The number of alkyl halides is 6. The van der Waals surface area contributed by atoms with Gasteiger partial charge in [-0.3, -0.25) is 4.79 Å². The van der Waals surface area contributed by atoms with Crippen molar-refractivity contribution in [3.05, 3.63) is 34.3 Å². The number of carbonyl (C=O) groups is 1. The summed E-state index contributed by atoms with van der Waals surface area (Å²) < 4.78 is 34.9. The summed E-state index contributed by atoms with van der Waals surface area (Å²) in [6.07, 6.45) is -4.60. The number of rotatable bonds is 1. The van der Waals surface area contributed by atoms with E-state index in [9.17, 15) is 18.0 Å². The molecule has 0 saturated carbocycles. The van der Waals surface area contributed by atoms with E-state index in [2.05, 4.69) is 0 Å². The molecule has 0 heterocycles. The Morgan fingerprint density at radius 2 is 1.65 bits per heavy atom. The lowest BCUT2D eigenvalue weighted by Gasteiger charge is -2.12. The van der Waals surface area contributed by atoms with Crippen LogP contribution < -0.4 is 0 Å². The summed E-state index contributed by atoms with van der Waals surface area (Å²) in [6.45, 7) is 0. The van der Waals surface area contributed by atoms with E-state index in [-0.39, 0.29) is 5.56 Å². The standard InChI is InChI=1S/C9H3Cl4F3O/c10-6-3-4(7(17)8(11,12)13)1-2-5(6)9(14,15)16/h1-3H. The number of Topliss-reactive ketones (excluding diaryl/α,β-unsaturated/α-hetero) is 1. The molecule has 0 fully saturated rings. The lowest BCUT2D eigenvalue weighted by atomic mass is 10.1. The molecule has 1 nitrogen and oxygen atoms in total. The molecule has 0 N–H and O–H groups in total. The summed E-state index contributed by atoms with van der Waals surface area (Å²) in [5, 5.41) is -0.627. The zero-order chi connectivity index (χ0) is 13.4. The van der Waals surface area contributed by atoms with Crippen molar-refractivity contribution in [1.29, 1.82) is 0 Å². The highest BCUT2D eigenvalue weighted by molar-refractivity contribution is 6.77. The monoisotopic (exact) mass is 324 g/mol. The van der Waals surface area contributed by atoms with Crippen molar-refractivity contribution in [2.75, 3.05) is 0 Å². The average molecular weight is 326 g/mol. The first-order valence-corrected chi connectivity index (χ1v) is 5.53. The molecule has 0 unspecified atom stereocenters. The smallest absolute Gasteiger partial charge is 0.289 e. The molecule has 0 saturated heterocycles. The molecule has 0 spiro atoms. The van der Waals surface area contributed by atoms with Gasteiger partial charge in [0.1, 0.15) is 0 Å². The van der Waals surface area contributed by atoms with Crippen molar-refractivity contribution in [2.24, 2.45) is 0 Å². The highest BCUT2D eigenvalue weighted by atomic mass is 35.6. The molecule has 0 atom stereocenters. The molecule has 0 aromatic heterocycles. The Bertz CT molecular complexity index is 451. The molecule has 8 heteroatoms. The summed E-state index contributed by atoms with van der Waals surface area (Å²) in [5.41, 5.74) is -1.26. The first-order chi connectivity index (χ1) is 7.53. The minimum atomic E-state index is -4.60. The van der Waals surface area contributed by atoms with Crippen LogP contribution in [-0.4, -0.2) is 9.58 Å². The largest absolute Gasteiger partial charge is 0.417 e. The Kier molecular flexibility index (Phi) is 4.24. The number of ketones is 1. The van der Waals surface area contributed by atoms with E-state index >= 15 is 0 Å². The number of halogens is 7. The van der Waals surface area contributed by atoms with Gasteiger partial charge in [-0.05, 0) is 12.1 Å². The Morgan fingerprint density at radius 3 is 2.00 bits per heavy atom. The van der Waals surface area contributed by atoms with Crippen LogP contribution in [-0.2, 0) is 6.18 Å². The zero-order valence-electron chi connectivity index (χ0n) is 7.79. The van der Waals surface area contributed by atoms with E-state index < -0.39 is 26.3 Å². The van der Waals surface area contributed by atoms with Gasteiger partial charge in [-0.25, -0.2) is 0 Å². The van der Waals surface area contributed by atoms with Crippen LogP contribution in [0.15, 0.2) is 18.2 Å². The van der Waals surface area contributed by atoms with Gasteiger partial charge in [0.25, 0.3) is 3.79 Å². The van der Waals surface area contributed by atoms with Crippen LogP contribution in [0, 0.1) is 0 Å². The fourth-order valence-corrected chi connectivity index (χ4v) is 1.66. The van der Waals surface area contributed by atoms with E-state index in [4.69, 9.17) is 46.4 Å². The van der Waals surface area contributed by atoms with E-state index in [1.165, 1.54) is 0 Å². The maximum absolute atomic E-state index is 12.4. The van der Waals surface area contributed by atoms with Gasteiger partial charge in [0, 0.05) is 5.56 Å². The second-order valence-corrected chi connectivity index (χ2v) is 5.71. The van der Waals surface area contributed by atoms with Gasteiger partial charge in [0.15, 0.2) is 0 Å². The van der Waals surface area contributed by atoms with Gasteiger partial charge in [0.2, 0.25) is 5.78 Å². The minimum absolute atomic E-state index is 0.206. The molecule has 1 aromatic rings. The molecule has 17 heavy (non-hydrogen) atoms. The molecular formula is C9H3Cl4F3O. The fourth-order valence-electron chi connectivity index (χ4n) is 1.05. The first kappa shape index (κ1) is 14.9. The molecule has 0 amide bonds. The second kappa shape index (κ2) is 4.84. The predicted octanol–water partition coefficient (Wildman–Crippen LogP) is 4.91. The normalized spacial score (nSPS) is 12.6. The Balaban J connectivity index is 3.19. The number of carbonyl (C=O) groups excluding carboxylic acids is 1. The SMILES string of the molecule is O=C(c1ccc(C(F)(F)F)c(Cl)c1)C(Cl)(Cl)Cl. The third-order valence-electron chi connectivity index (χ3n) is 1.79. The van der Waals surface area contributed by atoms with Crippen LogP contribution in [0.3, 0.4) is 0 Å². The molecule has 1 aromatic carbocycles. The molecule has 94 valence electrons. The van der Waals surface area contributed by atoms with Crippen molar-refractivity contribution in [3.63, 3.8) is 0 Å². The van der Waals surface area contributed by atoms with E-state index in [1.54, 1.807) is 0 Å². The van der Waals surface area contributed by atoms with Gasteiger partial charge in [0.05, 0.1) is 10.6 Å². The lowest BCUT2D eigenvalue weighted by Crippen LogP contribution is -2.19. The minimum Gasteiger partial charge on any atom is -0.289 e. The van der Waals surface area contributed by atoms with Crippen LogP contribution in [0.2, 0.25) is 5.02 Å². The third-order valence-corrected chi connectivity index (χ3v) is 2.62. The van der Waals surface area contributed by atoms with Crippen LogP contribution in [0.5, 0.6) is 0 Å². The predicted molar refractivity (Wildman–Crippen MR) is 61.1 cm³/mol. The summed E-state index contributed by atoms with van der Waals surface area (Å²) in [6, 6.07) is 2.37. The van der Waals surface area contributed by atoms with Crippen molar-refractivity contribution in [2.45, 2.75) is 9.97 Å². The summed E-state index contributed by atoms with van der Waals surface area (Å²) >= 11 is 21.4.